The Labute approximate surface area is 119 Å². The van der Waals surface area contributed by atoms with Crippen molar-refractivity contribution in [3.63, 3.8) is 0 Å². The normalized spacial score (nSPS) is 30.4. The van der Waals surface area contributed by atoms with E-state index in [1.807, 2.05) is 0 Å². The van der Waals surface area contributed by atoms with Gasteiger partial charge in [0.25, 0.3) is 5.91 Å². The average molecular weight is 281 g/mol. The Balaban J connectivity index is 1.80. The van der Waals surface area contributed by atoms with E-state index < -0.39 is 5.60 Å². The molecule has 0 bridgehead atoms. The van der Waals surface area contributed by atoms with Gasteiger partial charge < -0.3 is 10.4 Å². The lowest BCUT2D eigenvalue weighted by Gasteiger charge is -2.35. The van der Waals surface area contributed by atoms with Gasteiger partial charge in [0, 0.05) is 19.4 Å². The Hall–Kier alpha value is -1.43. The van der Waals surface area contributed by atoms with Crippen molar-refractivity contribution < 1.29 is 14.7 Å². The number of hydrogen-bond acceptors (Lipinski definition) is 4. The molecule has 6 heteroatoms. The number of amides is 2. The van der Waals surface area contributed by atoms with Gasteiger partial charge in [-0.25, -0.2) is 5.43 Å². The van der Waals surface area contributed by atoms with Crippen LogP contribution in [0.15, 0.2) is 5.10 Å². The van der Waals surface area contributed by atoms with Crippen LogP contribution in [0.2, 0.25) is 0 Å². The van der Waals surface area contributed by atoms with Crippen molar-refractivity contribution in [2.45, 2.75) is 57.5 Å². The van der Waals surface area contributed by atoms with E-state index in [4.69, 9.17) is 0 Å². The zero-order chi connectivity index (χ0) is 14.6. The second-order valence-electron chi connectivity index (χ2n) is 5.85. The first kappa shape index (κ1) is 15.0. The lowest BCUT2D eigenvalue weighted by molar-refractivity contribution is -0.121. The van der Waals surface area contributed by atoms with Gasteiger partial charge in [0.1, 0.15) is 5.71 Å². The summed E-state index contributed by atoms with van der Waals surface area (Å²) in [6.45, 7) is 2.43. The molecule has 1 fully saturated rings. The molecule has 0 aromatic rings. The fraction of sp³-hybridized carbons (Fsp3) is 0.786. The highest BCUT2D eigenvalue weighted by molar-refractivity contribution is 6.39. The van der Waals surface area contributed by atoms with Crippen LogP contribution in [0.25, 0.3) is 0 Å². The van der Waals surface area contributed by atoms with Crippen molar-refractivity contribution in [3.8, 4) is 0 Å². The quantitative estimate of drug-likeness (QED) is 0.708. The summed E-state index contributed by atoms with van der Waals surface area (Å²) in [6.07, 6.45) is 5.28. The highest BCUT2D eigenvalue weighted by Gasteiger charge is 2.33. The highest BCUT2D eigenvalue weighted by Crippen LogP contribution is 2.33. The smallest absolute Gasteiger partial charge is 0.267 e. The summed E-state index contributed by atoms with van der Waals surface area (Å²) in [6, 6.07) is 0. The van der Waals surface area contributed by atoms with Gasteiger partial charge >= 0.3 is 0 Å². The lowest BCUT2D eigenvalue weighted by atomic mass is 9.78. The van der Waals surface area contributed by atoms with E-state index in [-0.39, 0.29) is 24.8 Å². The van der Waals surface area contributed by atoms with Crippen molar-refractivity contribution >= 4 is 17.5 Å². The summed E-state index contributed by atoms with van der Waals surface area (Å²) in [7, 11) is 0. The van der Waals surface area contributed by atoms with Gasteiger partial charge in [0.05, 0.1) is 5.60 Å². The number of carbonyl (C=O) groups excluding carboxylic acids is 2. The first-order valence-electron chi connectivity index (χ1n) is 7.38. The second-order valence-corrected chi connectivity index (χ2v) is 5.85. The third-order valence-corrected chi connectivity index (χ3v) is 4.36. The number of carbonyl (C=O) groups is 2. The summed E-state index contributed by atoms with van der Waals surface area (Å²) in [4.78, 5) is 22.9. The molecule has 2 amide bonds. The summed E-state index contributed by atoms with van der Waals surface area (Å²) >= 11 is 0. The first-order valence-corrected chi connectivity index (χ1v) is 7.38. The number of aliphatic hydroxyl groups is 1. The van der Waals surface area contributed by atoms with Gasteiger partial charge in [0.2, 0.25) is 5.91 Å². The molecule has 1 saturated carbocycles. The van der Waals surface area contributed by atoms with E-state index in [9.17, 15) is 14.7 Å². The monoisotopic (exact) mass is 281 g/mol. The van der Waals surface area contributed by atoms with Crippen molar-refractivity contribution in [2.75, 3.05) is 6.54 Å². The van der Waals surface area contributed by atoms with E-state index in [2.05, 4.69) is 22.8 Å². The maximum atomic E-state index is 11.9. The van der Waals surface area contributed by atoms with Crippen LogP contribution in [-0.2, 0) is 9.59 Å². The van der Waals surface area contributed by atoms with Gasteiger partial charge in [-0.1, -0.05) is 13.3 Å². The number of hydrazone groups is 1. The topological polar surface area (TPSA) is 90.8 Å². The fourth-order valence-electron chi connectivity index (χ4n) is 2.78. The van der Waals surface area contributed by atoms with Crippen LogP contribution in [0.1, 0.15) is 51.9 Å². The molecule has 112 valence electrons. The Morgan fingerprint density at radius 1 is 1.45 bits per heavy atom. The van der Waals surface area contributed by atoms with E-state index in [0.29, 0.717) is 18.1 Å². The predicted molar refractivity (Wildman–Crippen MR) is 75.0 cm³/mol. The molecular weight excluding hydrogens is 258 g/mol. The maximum absolute atomic E-state index is 11.9. The third kappa shape index (κ3) is 3.79. The van der Waals surface area contributed by atoms with E-state index in [0.717, 1.165) is 32.1 Å². The second kappa shape index (κ2) is 6.35. The molecule has 0 atom stereocenters. The standard InChI is InChI=1S/C14H23N3O3/c1-2-10-5-7-14(20,8-6-10)9-15-13(19)11-3-4-12(18)17-16-11/h10,20H,2-9H2,1H3,(H,15,19)(H,17,18). The molecule has 1 aliphatic carbocycles. The van der Waals surface area contributed by atoms with Crippen LogP contribution in [0.4, 0.5) is 0 Å². The van der Waals surface area contributed by atoms with Crippen LogP contribution in [0, 0.1) is 5.92 Å². The summed E-state index contributed by atoms with van der Waals surface area (Å²) in [5.74, 6) is 0.234. The molecule has 0 radical (unpaired) electrons. The molecule has 0 aromatic heterocycles. The minimum absolute atomic E-state index is 0.168. The Morgan fingerprint density at radius 3 is 2.70 bits per heavy atom. The average Bonchev–Trinajstić information content (AvgIpc) is 2.46. The Morgan fingerprint density at radius 2 is 2.15 bits per heavy atom. The molecule has 0 aromatic carbocycles. The number of nitrogens with zero attached hydrogens (tertiary/aromatic N) is 1. The highest BCUT2D eigenvalue weighted by atomic mass is 16.3. The molecule has 0 spiro atoms. The SMILES string of the molecule is CCC1CCC(O)(CNC(=O)C2=NNC(=O)CC2)CC1. The third-order valence-electron chi connectivity index (χ3n) is 4.36. The summed E-state index contributed by atoms with van der Waals surface area (Å²) in [5, 5.41) is 16.9. The first-order chi connectivity index (χ1) is 9.52. The van der Waals surface area contributed by atoms with Crippen molar-refractivity contribution in [3.05, 3.63) is 0 Å². The van der Waals surface area contributed by atoms with Crippen LogP contribution >= 0.6 is 0 Å². The van der Waals surface area contributed by atoms with Gasteiger partial charge in [0.15, 0.2) is 0 Å². The van der Waals surface area contributed by atoms with E-state index in [1.54, 1.807) is 0 Å². The van der Waals surface area contributed by atoms with Crippen molar-refractivity contribution in [1.29, 1.82) is 0 Å². The summed E-state index contributed by atoms with van der Waals surface area (Å²) < 4.78 is 0. The molecule has 3 N–H and O–H groups in total. The molecular formula is C14H23N3O3. The zero-order valence-electron chi connectivity index (χ0n) is 11.9. The van der Waals surface area contributed by atoms with E-state index in [1.165, 1.54) is 0 Å². The molecule has 0 saturated heterocycles. The number of rotatable bonds is 4. The van der Waals surface area contributed by atoms with Crippen LogP contribution in [0.5, 0.6) is 0 Å². The largest absolute Gasteiger partial charge is 0.388 e. The van der Waals surface area contributed by atoms with Crippen LogP contribution in [0.3, 0.4) is 0 Å². The summed E-state index contributed by atoms with van der Waals surface area (Å²) in [5.41, 5.74) is 1.84. The minimum Gasteiger partial charge on any atom is -0.388 e. The molecule has 1 heterocycles. The van der Waals surface area contributed by atoms with Gasteiger partial charge in [-0.05, 0) is 31.6 Å². The minimum atomic E-state index is -0.792. The van der Waals surface area contributed by atoms with Crippen LogP contribution in [-0.4, -0.2) is 34.8 Å². The maximum Gasteiger partial charge on any atom is 0.267 e. The molecule has 1 aliphatic heterocycles. The molecule has 20 heavy (non-hydrogen) atoms. The molecule has 2 aliphatic rings. The number of hydrogen-bond donors (Lipinski definition) is 3. The van der Waals surface area contributed by atoms with Gasteiger partial charge in [-0.15, -0.1) is 0 Å². The van der Waals surface area contributed by atoms with Gasteiger partial charge in [-0.2, -0.15) is 5.10 Å². The van der Waals surface area contributed by atoms with Crippen LogP contribution < -0.4 is 10.7 Å². The number of nitrogens with one attached hydrogen (secondary N) is 2. The predicted octanol–water partition coefficient (Wildman–Crippen LogP) is 0.700. The molecule has 0 unspecified atom stereocenters. The van der Waals surface area contributed by atoms with Crippen molar-refractivity contribution in [2.24, 2.45) is 11.0 Å². The fourth-order valence-corrected chi connectivity index (χ4v) is 2.78. The zero-order valence-corrected chi connectivity index (χ0v) is 11.9. The Bertz CT molecular complexity index is 412. The Kier molecular flexibility index (Phi) is 4.75. The van der Waals surface area contributed by atoms with Gasteiger partial charge in [-0.3, -0.25) is 9.59 Å². The molecule has 2 rings (SSSR count). The van der Waals surface area contributed by atoms with Crippen molar-refractivity contribution in [1.82, 2.24) is 10.7 Å². The van der Waals surface area contributed by atoms with E-state index >= 15 is 0 Å². The lowest BCUT2D eigenvalue weighted by Crippen LogP contribution is -2.47. The molecule has 6 nitrogen and oxygen atoms in total.